The van der Waals surface area contributed by atoms with Crippen molar-refractivity contribution >= 4 is 16.8 Å². The number of rotatable bonds is 5. The van der Waals surface area contributed by atoms with Crippen molar-refractivity contribution in [1.82, 2.24) is 9.88 Å². The lowest BCUT2D eigenvalue weighted by Gasteiger charge is -2.22. The maximum Gasteiger partial charge on any atom is 0.254 e. The highest BCUT2D eigenvalue weighted by Gasteiger charge is 2.16. The summed E-state index contributed by atoms with van der Waals surface area (Å²) in [7, 11) is 0. The van der Waals surface area contributed by atoms with Gasteiger partial charge in [0.15, 0.2) is 0 Å². The van der Waals surface area contributed by atoms with Gasteiger partial charge in [0, 0.05) is 30.2 Å². The fourth-order valence-corrected chi connectivity index (χ4v) is 2.31. The molecule has 0 aliphatic rings. The molecule has 0 saturated carbocycles. The third-order valence-electron chi connectivity index (χ3n) is 3.15. The predicted octanol–water partition coefficient (Wildman–Crippen LogP) is 3.50. The molecule has 3 heteroatoms. The summed E-state index contributed by atoms with van der Waals surface area (Å²) in [5.41, 5.74) is 1.63. The second kappa shape index (κ2) is 6.32. The molecule has 0 aliphatic heterocycles. The Morgan fingerprint density at radius 2 is 1.84 bits per heavy atom. The summed E-state index contributed by atoms with van der Waals surface area (Å²) in [6.45, 7) is 5.81. The Kier molecular flexibility index (Phi) is 4.50. The largest absolute Gasteiger partial charge is 0.339 e. The molecule has 0 spiro atoms. The summed E-state index contributed by atoms with van der Waals surface area (Å²) in [6, 6.07) is 9.58. The molecule has 1 aromatic carbocycles. The van der Waals surface area contributed by atoms with Gasteiger partial charge in [0.05, 0.1) is 5.52 Å². The lowest BCUT2D eigenvalue weighted by Crippen LogP contribution is -2.32. The zero-order chi connectivity index (χ0) is 13.7. The number of amides is 1. The van der Waals surface area contributed by atoms with Crippen molar-refractivity contribution in [2.45, 2.75) is 26.7 Å². The first-order valence-corrected chi connectivity index (χ1v) is 6.91. The first-order valence-electron chi connectivity index (χ1n) is 6.91. The molecule has 0 N–H and O–H groups in total. The topological polar surface area (TPSA) is 33.2 Å². The van der Waals surface area contributed by atoms with Crippen LogP contribution in [0.1, 0.15) is 37.0 Å². The van der Waals surface area contributed by atoms with Crippen molar-refractivity contribution in [2.24, 2.45) is 0 Å². The van der Waals surface area contributed by atoms with Crippen LogP contribution in [0.4, 0.5) is 0 Å². The molecule has 0 atom stereocenters. The van der Waals surface area contributed by atoms with E-state index in [1.807, 2.05) is 35.2 Å². The normalized spacial score (nSPS) is 10.6. The number of fused-ring (bicyclic) bond motifs is 1. The van der Waals surface area contributed by atoms with Gasteiger partial charge in [-0.15, -0.1) is 0 Å². The van der Waals surface area contributed by atoms with E-state index >= 15 is 0 Å². The van der Waals surface area contributed by atoms with Crippen molar-refractivity contribution in [2.75, 3.05) is 13.1 Å². The highest BCUT2D eigenvalue weighted by atomic mass is 16.2. The van der Waals surface area contributed by atoms with Crippen LogP contribution in [0.25, 0.3) is 10.9 Å². The van der Waals surface area contributed by atoms with E-state index in [4.69, 9.17) is 0 Å². The van der Waals surface area contributed by atoms with E-state index < -0.39 is 0 Å². The van der Waals surface area contributed by atoms with Crippen LogP contribution in [0.2, 0.25) is 0 Å². The van der Waals surface area contributed by atoms with Gasteiger partial charge in [0.25, 0.3) is 5.91 Å². The summed E-state index contributed by atoms with van der Waals surface area (Å²) >= 11 is 0. The Labute approximate surface area is 114 Å². The Morgan fingerprint density at radius 1 is 1.11 bits per heavy atom. The zero-order valence-corrected chi connectivity index (χ0v) is 11.6. The number of pyridine rings is 1. The molecule has 0 bridgehead atoms. The van der Waals surface area contributed by atoms with Gasteiger partial charge >= 0.3 is 0 Å². The molecule has 1 amide bonds. The zero-order valence-electron chi connectivity index (χ0n) is 11.6. The summed E-state index contributed by atoms with van der Waals surface area (Å²) in [6.07, 6.45) is 3.72. The Morgan fingerprint density at radius 3 is 2.53 bits per heavy atom. The molecule has 1 aromatic heterocycles. The van der Waals surface area contributed by atoms with E-state index in [1.54, 1.807) is 6.20 Å². The van der Waals surface area contributed by atoms with Crippen LogP contribution in [0, 0.1) is 0 Å². The van der Waals surface area contributed by atoms with Crippen LogP contribution < -0.4 is 0 Å². The third kappa shape index (κ3) is 2.92. The molecule has 2 aromatic rings. The van der Waals surface area contributed by atoms with Gasteiger partial charge in [-0.3, -0.25) is 9.78 Å². The fourth-order valence-electron chi connectivity index (χ4n) is 2.31. The van der Waals surface area contributed by atoms with Gasteiger partial charge in [0.2, 0.25) is 0 Å². The quantitative estimate of drug-likeness (QED) is 0.820. The highest BCUT2D eigenvalue weighted by Crippen LogP contribution is 2.18. The third-order valence-corrected chi connectivity index (χ3v) is 3.15. The van der Waals surface area contributed by atoms with E-state index in [-0.39, 0.29) is 5.91 Å². The standard InChI is InChI=1S/C16H20N2O/c1-3-11-18(12-4-2)16(19)14-7-5-9-15-13(14)8-6-10-17-15/h5-10H,3-4,11-12H2,1-2H3. The Hall–Kier alpha value is -1.90. The number of hydrogen-bond donors (Lipinski definition) is 0. The van der Waals surface area contributed by atoms with Gasteiger partial charge in [-0.1, -0.05) is 26.0 Å². The van der Waals surface area contributed by atoms with Gasteiger partial charge in [0.1, 0.15) is 0 Å². The first-order chi connectivity index (χ1) is 9.27. The summed E-state index contributed by atoms with van der Waals surface area (Å²) in [4.78, 5) is 18.9. The van der Waals surface area contributed by atoms with E-state index in [9.17, 15) is 4.79 Å². The lowest BCUT2D eigenvalue weighted by atomic mass is 10.1. The molecule has 0 radical (unpaired) electrons. The predicted molar refractivity (Wildman–Crippen MR) is 78.2 cm³/mol. The van der Waals surface area contributed by atoms with E-state index in [2.05, 4.69) is 18.8 Å². The maximum absolute atomic E-state index is 12.6. The minimum atomic E-state index is 0.113. The molecule has 0 saturated heterocycles. The van der Waals surface area contributed by atoms with Crippen LogP contribution in [0.5, 0.6) is 0 Å². The van der Waals surface area contributed by atoms with Crippen molar-refractivity contribution in [3.63, 3.8) is 0 Å². The number of aromatic nitrogens is 1. The SMILES string of the molecule is CCCN(CCC)C(=O)c1cccc2ncccc12. The lowest BCUT2D eigenvalue weighted by molar-refractivity contribution is 0.0757. The van der Waals surface area contributed by atoms with Crippen LogP contribution in [0.3, 0.4) is 0 Å². The Bertz CT molecular complexity index is 554. The van der Waals surface area contributed by atoms with Crippen molar-refractivity contribution in [1.29, 1.82) is 0 Å². The molecular formula is C16H20N2O. The first kappa shape index (κ1) is 13.5. The van der Waals surface area contributed by atoms with Crippen LogP contribution >= 0.6 is 0 Å². The van der Waals surface area contributed by atoms with E-state index in [0.29, 0.717) is 0 Å². The van der Waals surface area contributed by atoms with Gasteiger partial charge in [-0.2, -0.15) is 0 Å². The molecule has 0 aliphatic carbocycles. The van der Waals surface area contributed by atoms with Crippen molar-refractivity contribution < 1.29 is 4.79 Å². The minimum Gasteiger partial charge on any atom is -0.339 e. The monoisotopic (exact) mass is 256 g/mol. The molecule has 0 unspecified atom stereocenters. The molecule has 2 rings (SSSR count). The van der Waals surface area contributed by atoms with Crippen LogP contribution in [0.15, 0.2) is 36.5 Å². The molecule has 1 heterocycles. The molecule has 3 nitrogen and oxygen atoms in total. The summed E-state index contributed by atoms with van der Waals surface area (Å²) in [5.74, 6) is 0.113. The maximum atomic E-state index is 12.6. The minimum absolute atomic E-state index is 0.113. The average Bonchev–Trinajstić information content (AvgIpc) is 2.46. The van der Waals surface area contributed by atoms with Gasteiger partial charge in [-0.25, -0.2) is 0 Å². The number of carbonyl (C=O) groups excluding carboxylic acids is 1. The second-order valence-electron chi connectivity index (χ2n) is 4.67. The van der Waals surface area contributed by atoms with E-state index in [1.165, 1.54) is 0 Å². The van der Waals surface area contributed by atoms with Crippen LogP contribution in [-0.4, -0.2) is 28.9 Å². The van der Waals surface area contributed by atoms with Crippen molar-refractivity contribution in [3.8, 4) is 0 Å². The van der Waals surface area contributed by atoms with Crippen molar-refractivity contribution in [3.05, 3.63) is 42.1 Å². The molecule has 100 valence electrons. The summed E-state index contributed by atoms with van der Waals surface area (Å²) in [5, 5.41) is 0.937. The average molecular weight is 256 g/mol. The number of benzene rings is 1. The number of hydrogen-bond acceptors (Lipinski definition) is 2. The smallest absolute Gasteiger partial charge is 0.254 e. The summed E-state index contributed by atoms with van der Waals surface area (Å²) < 4.78 is 0. The molecular weight excluding hydrogens is 236 g/mol. The molecule has 19 heavy (non-hydrogen) atoms. The molecule has 0 fully saturated rings. The van der Waals surface area contributed by atoms with Gasteiger partial charge in [-0.05, 0) is 31.0 Å². The second-order valence-corrected chi connectivity index (χ2v) is 4.67. The van der Waals surface area contributed by atoms with E-state index in [0.717, 1.165) is 42.4 Å². The van der Waals surface area contributed by atoms with Crippen LogP contribution in [-0.2, 0) is 0 Å². The highest BCUT2D eigenvalue weighted by molar-refractivity contribution is 6.06. The fraction of sp³-hybridized carbons (Fsp3) is 0.375. The number of nitrogens with zero attached hydrogens (tertiary/aromatic N) is 2. The number of carbonyl (C=O) groups is 1. The Balaban J connectivity index is 2.39. The van der Waals surface area contributed by atoms with Gasteiger partial charge < -0.3 is 4.90 Å².